The number of carboxylic acids is 1. The van der Waals surface area contributed by atoms with Crippen LogP contribution in [-0.4, -0.2) is 27.0 Å². The highest BCUT2D eigenvalue weighted by Gasteiger charge is 2.16. The third-order valence-electron chi connectivity index (χ3n) is 4.51. The minimum absolute atomic E-state index is 0.0258. The molecule has 0 saturated heterocycles. The van der Waals surface area contributed by atoms with Crippen LogP contribution in [0.25, 0.3) is 16.9 Å². The van der Waals surface area contributed by atoms with Gasteiger partial charge in [-0.15, -0.1) is 0 Å². The number of benzene rings is 3. The molecular formula is C25H22N2O4. The predicted octanol–water partition coefficient (Wildman–Crippen LogP) is 5.82. The van der Waals surface area contributed by atoms with Gasteiger partial charge in [0, 0.05) is 5.56 Å². The van der Waals surface area contributed by atoms with Gasteiger partial charge in [-0.25, -0.2) is 9.48 Å². The van der Waals surface area contributed by atoms with Gasteiger partial charge in [0.2, 0.25) is 0 Å². The minimum Gasteiger partial charge on any atom is -0.491 e. The number of hydrogen-bond donors (Lipinski definition) is 1. The average Bonchev–Trinajstić information content (AvgIpc) is 3.21. The molecular weight excluding hydrogens is 392 g/mol. The van der Waals surface area contributed by atoms with Crippen molar-refractivity contribution in [2.45, 2.75) is 20.0 Å². The number of carboxylic acid groups (broad SMARTS) is 1. The van der Waals surface area contributed by atoms with E-state index in [1.54, 1.807) is 10.7 Å². The van der Waals surface area contributed by atoms with Gasteiger partial charge in [0.25, 0.3) is 0 Å². The Morgan fingerprint density at radius 3 is 2.10 bits per heavy atom. The molecule has 0 bridgehead atoms. The molecule has 6 heteroatoms. The number of rotatable bonds is 7. The monoisotopic (exact) mass is 414 g/mol. The van der Waals surface area contributed by atoms with Crippen molar-refractivity contribution in [3.63, 3.8) is 0 Å². The highest BCUT2D eigenvalue weighted by Crippen LogP contribution is 2.28. The van der Waals surface area contributed by atoms with Gasteiger partial charge >= 0.3 is 5.97 Å². The molecule has 0 aliphatic heterocycles. The maximum absolute atomic E-state index is 11.5. The first-order valence-corrected chi connectivity index (χ1v) is 9.93. The van der Waals surface area contributed by atoms with E-state index in [9.17, 15) is 9.90 Å². The highest BCUT2D eigenvalue weighted by atomic mass is 16.5. The number of hydrogen-bond acceptors (Lipinski definition) is 4. The summed E-state index contributed by atoms with van der Waals surface area (Å²) in [4.78, 5) is 11.5. The van der Waals surface area contributed by atoms with Gasteiger partial charge in [0.1, 0.15) is 17.2 Å². The molecule has 156 valence electrons. The topological polar surface area (TPSA) is 73.6 Å². The largest absolute Gasteiger partial charge is 0.491 e. The summed E-state index contributed by atoms with van der Waals surface area (Å²) < 4.78 is 13.1. The quantitative estimate of drug-likeness (QED) is 0.413. The summed E-state index contributed by atoms with van der Waals surface area (Å²) in [6.45, 7) is 3.93. The second kappa shape index (κ2) is 8.75. The lowest BCUT2D eigenvalue weighted by Gasteiger charge is -2.12. The molecule has 6 nitrogen and oxygen atoms in total. The van der Waals surface area contributed by atoms with E-state index in [4.69, 9.17) is 9.47 Å². The number of ether oxygens (including phenoxy) is 2. The molecule has 0 fully saturated rings. The molecule has 1 N–H and O–H groups in total. The first-order valence-electron chi connectivity index (χ1n) is 9.93. The molecule has 4 aromatic rings. The lowest BCUT2D eigenvalue weighted by Crippen LogP contribution is -2.05. The van der Waals surface area contributed by atoms with Gasteiger partial charge in [-0.2, -0.15) is 5.10 Å². The van der Waals surface area contributed by atoms with Crippen molar-refractivity contribution in [3.05, 3.63) is 90.6 Å². The standard InChI is InChI=1S/C25H22N2O4/c1-17(2)30-21-12-8-18(9-13-21)24-16-23(25(28)29)26-27(24)19-10-14-22(15-11-19)31-20-6-4-3-5-7-20/h3-17H,1-2H3,(H,28,29). The van der Waals surface area contributed by atoms with Crippen LogP contribution < -0.4 is 9.47 Å². The van der Waals surface area contributed by atoms with E-state index < -0.39 is 5.97 Å². The Morgan fingerprint density at radius 1 is 0.871 bits per heavy atom. The molecule has 0 radical (unpaired) electrons. The summed E-state index contributed by atoms with van der Waals surface area (Å²) in [5.74, 6) is 1.10. The molecule has 0 spiro atoms. The number of aromatic carboxylic acids is 1. The highest BCUT2D eigenvalue weighted by molar-refractivity contribution is 5.87. The first-order chi connectivity index (χ1) is 15.0. The molecule has 0 saturated carbocycles. The molecule has 1 aromatic heterocycles. The number of para-hydroxylation sites is 1. The fourth-order valence-electron chi connectivity index (χ4n) is 3.14. The van der Waals surface area contributed by atoms with E-state index in [0.29, 0.717) is 11.4 Å². The van der Waals surface area contributed by atoms with Crippen LogP contribution in [0.5, 0.6) is 17.2 Å². The molecule has 0 atom stereocenters. The fraction of sp³-hybridized carbons (Fsp3) is 0.120. The van der Waals surface area contributed by atoms with E-state index in [1.807, 2.05) is 92.7 Å². The lowest BCUT2D eigenvalue weighted by atomic mass is 10.1. The zero-order valence-electron chi connectivity index (χ0n) is 17.2. The van der Waals surface area contributed by atoms with Gasteiger partial charge in [0.15, 0.2) is 5.69 Å². The molecule has 0 unspecified atom stereocenters. The van der Waals surface area contributed by atoms with Crippen molar-refractivity contribution in [2.75, 3.05) is 0 Å². The van der Waals surface area contributed by atoms with Crippen LogP contribution in [0.1, 0.15) is 24.3 Å². The summed E-state index contributed by atoms with van der Waals surface area (Å²) in [5, 5.41) is 13.7. The van der Waals surface area contributed by atoms with Crippen LogP contribution in [0, 0.1) is 0 Å². The summed E-state index contributed by atoms with van der Waals surface area (Å²) >= 11 is 0. The van der Waals surface area contributed by atoms with E-state index >= 15 is 0 Å². The lowest BCUT2D eigenvalue weighted by molar-refractivity contribution is 0.0690. The van der Waals surface area contributed by atoms with Crippen LogP contribution in [-0.2, 0) is 0 Å². The summed E-state index contributed by atoms with van der Waals surface area (Å²) in [6.07, 6.45) is 0.0756. The molecule has 3 aromatic carbocycles. The van der Waals surface area contributed by atoms with Gasteiger partial charge in [-0.1, -0.05) is 18.2 Å². The zero-order chi connectivity index (χ0) is 21.8. The number of aromatic nitrogens is 2. The Hall–Kier alpha value is -4.06. The summed E-state index contributed by atoms with van der Waals surface area (Å²) in [5.41, 5.74) is 2.21. The van der Waals surface area contributed by atoms with Gasteiger partial charge in [-0.3, -0.25) is 0 Å². The second-order valence-corrected chi connectivity index (χ2v) is 7.23. The fourth-order valence-corrected chi connectivity index (χ4v) is 3.14. The van der Waals surface area contributed by atoms with Crippen LogP contribution in [0.2, 0.25) is 0 Å². The summed E-state index contributed by atoms with van der Waals surface area (Å²) in [6, 6.07) is 25.9. The maximum atomic E-state index is 11.5. The molecule has 31 heavy (non-hydrogen) atoms. The Kier molecular flexibility index (Phi) is 5.71. The van der Waals surface area contributed by atoms with Crippen molar-refractivity contribution in [2.24, 2.45) is 0 Å². The minimum atomic E-state index is -1.08. The number of carbonyl (C=O) groups is 1. The van der Waals surface area contributed by atoms with Gasteiger partial charge in [0.05, 0.1) is 17.5 Å². The van der Waals surface area contributed by atoms with E-state index in [-0.39, 0.29) is 11.8 Å². The van der Waals surface area contributed by atoms with Crippen molar-refractivity contribution in [1.82, 2.24) is 9.78 Å². The third kappa shape index (κ3) is 4.75. The molecule has 1 heterocycles. The van der Waals surface area contributed by atoms with Crippen LogP contribution in [0.3, 0.4) is 0 Å². The summed E-state index contributed by atoms with van der Waals surface area (Å²) in [7, 11) is 0. The predicted molar refractivity (Wildman–Crippen MR) is 118 cm³/mol. The van der Waals surface area contributed by atoms with Crippen LogP contribution in [0.15, 0.2) is 84.9 Å². The Labute approximate surface area is 180 Å². The Bertz CT molecular complexity index is 1160. The second-order valence-electron chi connectivity index (χ2n) is 7.23. The van der Waals surface area contributed by atoms with Crippen molar-refractivity contribution in [3.8, 4) is 34.2 Å². The molecule has 0 aliphatic rings. The third-order valence-corrected chi connectivity index (χ3v) is 4.51. The van der Waals surface area contributed by atoms with Crippen molar-refractivity contribution >= 4 is 5.97 Å². The average molecular weight is 414 g/mol. The SMILES string of the molecule is CC(C)Oc1ccc(-c2cc(C(=O)O)nn2-c2ccc(Oc3ccccc3)cc2)cc1. The smallest absolute Gasteiger partial charge is 0.356 e. The Morgan fingerprint density at radius 2 is 1.48 bits per heavy atom. The molecule has 4 rings (SSSR count). The van der Waals surface area contributed by atoms with E-state index in [1.165, 1.54) is 0 Å². The van der Waals surface area contributed by atoms with Crippen LogP contribution >= 0.6 is 0 Å². The first kappa shape index (κ1) is 20.2. The van der Waals surface area contributed by atoms with Gasteiger partial charge < -0.3 is 14.6 Å². The van der Waals surface area contributed by atoms with Gasteiger partial charge in [-0.05, 0) is 80.6 Å². The molecule has 0 aliphatic carbocycles. The van der Waals surface area contributed by atoms with E-state index in [0.717, 1.165) is 22.7 Å². The number of nitrogens with zero attached hydrogens (tertiary/aromatic N) is 2. The van der Waals surface area contributed by atoms with E-state index in [2.05, 4.69) is 5.10 Å². The van der Waals surface area contributed by atoms with Crippen molar-refractivity contribution < 1.29 is 19.4 Å². The van der Waals surface area contributed by atoms with Crippen LogP contribution in [0.4, 0.5) is 0 Å². The zero-order valence-corrected chi connectivity index (χ0v) is 17.2. The normalized spacial score (nSPS) is 10.8. The Balaban J connectivity index is 1.65. The van der Waals surface area contributed by atoms with Crippen molar-refractivity contribution in [1.29, 1.82) is 0 Å². The maximum Gasteiger partial charge on any atom is 0.356 e. The molecule has 0 amide bonds.